The molecule has 0 atom stereocenters. The van der Waals surface area contributed by atoms with E-state index < -0.39 is 0 Å². The van der Waals surface area contributed by atoms with Crippen LogP contribution >= 0.6 is 23.2 Å². The van der Waals surface area contributed by atoms with Gasteiger partial charge in [0.2, 0.25) is 11.9 Å². The SMILES string of the molecule is Cc1cc(Cl)cc(Cl)c1Nc1nc(N)nc(NO)n1. The van der Waals surface area contributed by atoms with Gasteiger partial charge in [0.15, 0.2) is 0 Å². The number of hydrogen-bond donors (Lipinski definition) is 4. The summed E-state index contributed by atoms with van der Waals surface area (Å²) in [5.74, 6) is 0.0332. The summed E-state index contributed by atoms with van der Waals surface area (Å²) in [5.41, 5.74) is 8.69. The molecule has 5 N–H and O–H groups in total. The Bertz CT molecular complexity index is 598. The lowest BCUT2D eigenvalue weighted by atomic mass is 10.2. The van der Waals surface area contributed by atoms with E-state index in [-0.39, 0.29) is 17.8 Å². The smallest absolute Gasteiger partial charge is 0.253 e. The summed E-state index contributed by atoms with van der Waals surface area (Å²) in [6.45, 7) is 1.83. The second-order valence-electron chi connectivity index (χ2n) is 3.66. The number of aryl methyl sites for hydroxylation is 1. The number of rotatable bonds is 3. The monoisotopic (exact) mass is 300 g/mol. The van der Waals surface area contributed by atoms with E-state index in [2.05, 4.69) is 20.3 Å². The van der Waals surface area contributed by atoms with E-state index in [1.807, 2.05) is 6.92 Å². The topological polar surface area (TPSA) is 109 Å². The zero-order chi connectivity index (χ0) is 14.0. The predicted octanol–water partition coefficient (Wildman–Crippen LogP) is 2.61. The molecule has 0 aliphatic rings. The molecule has 1 aromatic carbocycles. The molecule has 9 heteroatoms. The van der Waals surface area contributed by atoms with Gasteiger partial charge in [0.25, 0.3) is 5.95 Å². The molecular weight excluding hydrogens is 291 g/mol. The number of halogens is 2. The van der Waals surface area contributed by atoms with Crippen LogP contribution in [0, 0.1) is 6.92 Å². The third kappa shape index (κ3) is 3.14. The van der Waals surface area contributed by atoms with Crippen molar-refractivity contribution in [2.45, 2.75) is 6.92 Å². The van der Waals surface area contributed by atoms with Gasteiger partial charge in [-0.1, -0.05) is 23.2 Å². The molecular formula is C10H10Cl2N6O. The molecule has 0 aliphatic heterocycles. The third-order valence-electron chi connectivity index (χ3n) is 2.24. The maximum Gasteiger partial charge on any atom is 0.253 e. The highest BCUT2D eigenvalue weighted by Gasteiger charge is 2.10. The quantitative estimate of drug-likeness (QED) is 0.645. The Morgan fingerprint density at radius 1 is 1.16 bits per heavy atom. The van der Waals surface area contributed by atoms with Crippen LogP contribution < -0.4 is 16.5 Å². The summed E-state index contributed by atoms with van der Waals surface area (Å²) in [7, 11) is 0. The number of benzene rings is 1. The van der Waals surface area contributed by atoms with Gasteiger partial charge < -0.3 is 11.1 Å². The summed E-state index contributed by atoms with van der Waals surface area (Å²) in [6.07, 6.45) is 0. The van der Waals surface area contributed by atoms with E-state index in [4.69, 9.17) is 34.1 Å². The lowest BCUT2D eigenvalue weighted by Gasteiger charge is -2.11. The second-order valence-corrected chi connectivity index (χ2v) is 4.50. The van der Waals surface area contributed by atoms with Gasteiger partial charge in [-0.25, -0.2) is 5.48 Å². The minimum atomic E-state index is -0.0715. The van der Waals surface area contributed by atoms with Crippen LogP contribution in [-0.4, -0.2) is 20.2 Å². The number of hydrogen-bond acceptors (Lipinski definition) is 7. The highest BCUT2D eigenvalue weighted by molar-refractivity contribution is 6.36. The van der Waals surface area contributed by atoms with Crippen LogP contribution in [0.2, 0.25) is 10.0 Å². The van der Waals surface area contributed by atoms with Gasteiger partial charge >= 0.3 is 0 Å². The number of aromatic nitrogens is 3. The Balaban J connectivity index is 2.39. The van der Waals surface area contributed by atoms with Gasteiger partial charge in [-0.15, -0.1) is 0 Å². The van der Waals surface area contributed by atoms with Crippen molar-refractivity contribution in [3.05, 3.63) is 27.7 Å². The number of nitrogen functional groups attached to an aromatic ring is 1. The molecule has 1 aromatic heterocycles. The van der Waals surface area contributed by atoms with Crippen molar-refractivity contribution in [1.82, 2.24) is 15.0 Å². The van der Waals surface area contributed by atoms with Gasteiger partial charge in [-0.2, -0.15) is 15.0 Å². The minimum absolute atomic E-state index is 0.0446. The first kappa shape index (κ1) is 13.6. The molecule has 0 saturated heterocycles. The Kier molecular flexibility index (Phi) is 3.89. The Morgan fingerprint density at radius 3 is 2.47 bits per heavy atom. The average Bonchev–Trinajstić information content (AvgIpc) is 2.33. The number of nitrogens with zero attached hydrogens (tertiary/aromatic N) is 3. The first-order valence-electron chi connectivity index (χ1n) is 5.14. The van der Waals surface area contributed by atoms with Crippen molar-refractivity contribution in [3.8, 4) is 0 Å². The summed E-state index contributed by atoms with van der Waals surface area (Å²) in [6, 6.07) is 3.33. The largest absolute Gasteiger partial charge is 0.368 e. The molecule has 100 valence electrons. The first-order chi connectivity index (χ1) is 8.99. The van der Waals surface area contributed by atoms with Crippen LogP contribution in [0.25, 0.3) is 0 Å². The van der Waals surface area contributed by atoms with Crippen molar-refractivity contribution in [3.63, 3.8) is 0 Å². The van der Waals surface area contributed by atoms with Crippen molar-refractivity contribution in [2.75, 3.05) is 16.5 Å². The molecule has 0 saturated carbocycles. The van der Waals surface area contributed by atoms with Gasteiger partial charge in [0, 0.05) is 5.02 Å². The fourth-order valence-electron chi connectivity index (χ4n) is 1.47. The maximum atomic E-state index is 8.77. The van der Waals surface area contributed by atoms with Gasteiger partial charge in [0.05, 0.1) is 10.7 Å². The number of nitrogens with one attached hydrogen (secondary N) is 2. The van der Waals surface area contributed by atoms with E-state index in [0.717, 1.165) is 5.56 Å². The zero-order valence-corrected chi connectivity index (χ0v) is 11.3. The molecule has 0 bridgehead atoms. The molecule has 0 amide bonds. The van der Waals surface area contributed by atoms with E-state index in [0.29, 0.717) is 15.7 Å². The highest BCUT2D eigenvalue weighted by Crippen LogP contribution is 2.31. The van der Waals surface area contributed by atoms with Gasteiger partial charge in [-0.3, -0.25) is 5.21 Å². The van der Waals surface area contributed by atoms with Crippen molar-refractivity contribution >= 4 is 46.7 Å². The molecule has 2 rings (SSSR count). The summed E-state index contributed by atoms with van der Waals surface area (Å²) in [4.78, 5) is 11.4. The van der Waals surface area contributed by atoms with Gasteiger partial charge in [0.1, 0.15) is 0 Å². The first-order valence-corrected chi connectivity index (χ1v) is 5.89. The van der Waals surface area contributed by atoms with Gasteiger partial charge in [-0.05, 0) is 24.6 Å². The molecule has 19 heavy (non-hydrogen) atoms. The Morgan fingerprint density at radius 2 is 1.84 bits per heavy atom. The van der Waals surface area contributed by atoms with Crippen molar-refractivity contribution < 1.29 is 5.21 Å². The lowest BCUT2D eigenvalue weighted by molar-refractivity contribution is 0.382. The molecule has 2 aromatic rings. The maximum absolute atomic E-state index is 8.77. The standard InChI is InChI=1S/C10H10Cl2N6O/c1-4-2-5(11)3-6(12)7(4)14-9-15-8(13)16-10(17-9)18-19/h2-3,19H,1H3,(H4,13,14,15,16,17,18). The normalized spacial score (nSPS) is 10.3. The Labute approximate surface area is 118 Å². The molecule has 7 nitrogen and oxygen atoms in total. The Hall–Kier alpha value is -1.83. The molecule has 0 spiro atoms. The summed E-state index contributed by atoms with van der Waals surface area (Å²) in [5, 5.41) is 12.6. The summed E-state index contributed by atoms with van der Waals surface area (Å²) < 4.78 is 0. The third-order valence-corrected chi connectivity index (χ3v) is 2.76. The van der Waals surface area contributed by atoms with E-state index in [9.17, 15) is 0 Å². The highest BCUT2D eigenvalue weighted by atomic mass is 35.5. The summed E-state index contributed by atoms with van der Waals surface area (Å²) >= 11 is 12.0. The van der Waals surface area contributed by atoms with Crippen LogP contribution in [0.1, 0.15) is 5.56 Å². The van der Waals surface area contributed by atoms with Crippen LogP contribution in [0.4, 0.5) is 23.5 Å². The molecule has 0 unspecified atom stereocenters. The predicted molar refractivity (Wildman–Crippen MR) is 74.1 cm³/mol. The molecule has 1 heterocycles. The van der Waals surface area contributed by atoms with Crippen LogP contribution in [0.15, 0.2) is 12.1 Å². The van der Waals surface area contributed by atoms with E-state index in [1.54, 1.807) is 17.6 Å². The van der Waals surface area contributed by atoms with Crippen molar-refractivity contribution in [1.29, 1.82) is 0 Å². The second kappa shape index (κ2) is 5.43. The minimum Gasteiger partial charge on any atom is -0.368 e. The average molecular weight is 301 g/mol. The van der Waals surface area contributed by atoms with E-state index >= 15 is 0 Å². The van der Waals surface area contributed by atoms with Crippen LogP contribution in [-0.2, 0) is 0 Å². The fourth-order valence-corrected chi connectivity index (χ4v) is 2.11. The van der Waals surface area contributed by atoms with Crippen LogP contribution in [0.5, 0.6) is 0 Å². The molecule has 0 aliphatic carbocycles. The number of nitrogens with two attached hydrogens (primary N) is 1. The molecule has 0 fully saturated rings. The van der Waals surface area contributed by atoms with Crippen LogP contribution in [0.3, 0.4) is 0 Å². The zero-order valence-electron chi connectivity index (χ0n) is 9.78. The van der Waals surface area contributed by atoms with Crippen molar-refractivity contribution in [2.24, 2.45) is 0 Å². The lowest BCUT2D eigenvalue weighted by Crippen LogP contribution is -2.07. The molecule has 0 radical (unpaired) electrons. The fraction of sp³-hybridized carbons (Fsp3) is 0.100. The number of anilines is 4. The van der Waals surface area contributed by atoms with E-state index in [1.165, 1.54) is 0 Å².